The number of rotatable bonds is 3. The first kappa shape index (κ1) is 10.7. The quantitative estimate of drug-likeness (QED) is 0.615. The summed E-state index contributed by atoms with van der Waals surface area (Å²) in [7, 11) is 0. The Labute approximate surface area is 94.7 Å². The van der Waals surface area contributed by atoms with E-state index in [-0.39, 0.29) is 0 Å². The Balaban J connectivity index is 2.09. The van der Waals surface area contributed by atoms with Crippen molar-refractivity contribution in [3.8, 4) is 11.8 Å². The molecule has 0 unspecified atom stereocenters. The lowest BCUT2D eigenvalue weighted by Gasteiger charge is -2.01. The van der Waals surface area contributed by atoms with E-state index >= 15 is 0 Å². The highest BCUT2D eigenvalue weighted by atomic mass is 15.2. The molecular weight excluding hydrogens is 200 g/mol. The predicted octanol–water partition coefficient (Wildman–Crippen LogP) is 1.15. The van der Waals surface area contributed by atoms with Gasteiger partial charge in [0.25, 0.3) is 0 Å². The first-order chi connectivity index (χ1) is 7.79. The van der Waals surface area contributed by atoms with E-state index in [1.165, 1.54) is 0 Å². The molecule has 0 radical (unpaired) electrons. The van der Waals surface area contributed by atoms with Crippen molar-refractivity contribution < 1.29 is 0 Å². The molecular formula is C12H14N4. The molecule has 2 rings (SSSR count). The SMILES string of the molecule is CC#CCNCc1cnc2cc(C)nn2c1. The van der Waals surface area contributed by atoms with Crippen LogP contribution >= 0.6 is 0 Å². The molecule has 16 heavy (non-hydrogen) atoms. The molecule has 0 saturated heterocycles. The van der Waals surface area contributed by atoms with Crippen LogP contribution in [0.3, 0.4) is 0 Å². The van der Waals surface area contributed by atoms with Gasteiger partial charge in [-0.25, -0.2) is 9.50 Å². The van der Waals surface area contributed by atoms with Crippen molar-refractivity contribution in [3.05, 3.63) is 29.7 Å². The van der Waals surface area contributed by atoms with Gasteiger partial charge < -0.3 is 5.32 Å². The fraction of sp³-hybridized carbons (Fsp3) is 0.333. The highest BCUT2D eigenvalue weighted by molar-refractivity contribution is 5.38. The Hall–Kier alpha value is -1.86. The maximum atomic E-state index is 4.33. The van der Waals surface area contributed by atoms with Crippen molar-refractivity contribution in [2.75, 3.05) is 6.54 Å². The third kappa shape index (κ3) is 2.38. The molecule has 2 heterocycles. The smallest absolute Gasteiger partial charge is 0.155 e. The molecule has 0 aromatic carbocycles. The number of fused-ring (bicyclic) bond motifs is 1. The number of aromatic nitrogens is 3. The molecule has 82 valence electrons. The van der Waals surface area contributed by atoms with Crippen LogP contribution in [0.4, 0.5) is 0 Å². The van der Waals surface area contributed by atoms with Crippen molar-refractivity contribution in [2.45, 2.75) is 20.4 Å². The number of hydrogen-bond donors (Lipinski definition) is 1. The highest BCUT2D eigenvalue weighted by Crippen LogP contribution is 2.04. The molecule has 0 atom stereocenters. The van der Waals surface area contributed by atoms with E-state index in [1.54, 1.807) is 4.52 Å². The molecule has 0 bridgehead atoms. The average molecular weight is 214 g/mol. The van der Waals surface area contributed by atoms with Crippen molar-refractivity contribution in [3.63, 3.8) is 0 Å². The number of hydrogen-bond acceptors (Lipinski definition) is 3. The minimum atomic E-state index is 0.701. The second-order valence-electron chi connectivity index (χ2n) is 3.58. The third-order valence-electron chi connectivity index (χ3n) is 2.21. The third-order valence-corrected chi connectivity index (χ3v) is 2.21. The maximum Gasteiger partial charge on any atom is 0.155 e. The van der Waals surface area contributed by atoms with Crippen LogP contribution in [0.15, 0.2) is 18.5 Å². The predicted molar refractivity (Wildman–Crippen MR) is 62.9 cm³/mol. The van der Waals surface area contributed by atoms with E-state index in [0.717, 1.165) is 23.4 Å². The number of nitrogens with one attached hydrogen (secondary N) is 1. The van der Waals surface area contributed by atoms with Gasteiger partial charge in [0.05, 0.1) is 12.2 Å². The monoisotopic (exact) mass is 214 g/mol. The minimum Gasteiger partial charge on any atom is -0.302 e. The van der Waals surface area contributed by atoms with E-state index in [4.69, 9.17) is 0 Å². The summed E-state index contributed by atoms with van der Waals surface area (Å²) < 4.78 is 1.80. The van der Waals surface area contributed by atoms with Gasteiger partial charge in [0, 0.05) is 30.6 Å². The largest absolute Gasteiger partial charge is 0.302 e. The van der Waals surface area contributed by atoms with Crippen LogP contribution in [0.5, 0.6) is 0 Å². The van der Waals surface area contributed by atoms with Gasteiger partial charge in [0.1, 0.15) is 0 Å². The second kappa shape index (κ2) is 4.77. The summed E-state index contributed by atoms with van der Waals surface area (Å²) in [4.78, 5) is 4.33. The molecule has 2 aromatic heterocycles. The fourth-order valence-corrected chi connectivity index (χ4v) is 1.48. The lowest BCUT2D eigenvalue weighted by Crippen LogP contribution is -2.13. The summed E-state index contributed by atoms with van der Waals surface area (Å²) in [5, 5.41) is 7.54. The summed E-state index contributed by atoms with van der Waals surface area (Å²) in [5.74, 6) is 5.80. The van der Waals surface area contributed by atoms with Crippen LogP contribution in [0.25, 0.3) is 5.65 Å². The Morgan fingerprint density at radius 1 is 1.50 bits per heavy atom. The Bertz CT molecular complexity index is 545. The van der Waals surface area contributed by atoms with Crippen molar-refractivity contribution in [1.29, 1.82) is 0 Å². The zero-order valence-electron chi connectivity index (χ0n) is 9.49. The van der Waals surface area contributed by atoms with Crippen LogP contribution in [0.1, 0.15) is 18.2 Å². The van der Waals surface area contributed by atoms with Gasteiger partial charge in [-0.15, -0.1) is 5.92 Å². The average Bonchev–Trinajstić information content (AvgIpc) is 2.64. The van der Waals surface area contributed by atoms with E-state index in [9.17, 15) is 0 Å². The summed E-state index contributed by atoms with van der Waals surface area (Å²) >= 11 is 0. The van der Waals surface area contributed by atoms with Crippen LogP contribution in [-0.2, 0) is 6.54 Å². The maximum absolute atomic E-state index is 4.33. The van der Waals surface area contributed by atoms with Crippen LogP contribution in [0.2, 0.25) is 0 Å². The molecule has 0 saturated carbocycles. The van der Waals surface area contributed by atoms with Crippen LogP contribution in [0, 0.1) is 18.8 Å². The molecule has 4 nitrogen and oxygen atoms in total. The zero-order valence-corrected chi connectivity index (χ0v) is 9.49. The first-order valence-corrected chi connectivity index (χ1v) is 5.21. The van der Waals surface area contributed by atoms with Gasteiger partial charge in [0.2, 0.25) is 0 Å². The standard InChI is InChI=1S/C12H14N4/c1-3-4-5-13-7-11-8-14-12-6-10(2)15-16(12)9-11/h6,8-9,13H,5,7H2,1-2H3. The molecule has 0 amide bonds. The van der Waals surface area contributed by atoms with Crippen LogP contribution in [-0.4, -0.2) is 21.1 Å². The molecule has 2 aromatic rings. The molecule has 0 aliphatic heterocycles. The molecule has 1 N–H and O–H groups in total. The number of nitrogens with zero attached hydrogens (tertiary/aromatic N) is 3. The van der Waals surface area contributed by atoms with Gasteiger partial charge in [-0.05, 0) is 13.8 Å². The van der Waals surface area contributed by atoms with Gasteiger partial charge in [-0.2, -0.15) is 5.10 Å². The summed E-state index contributed by atoms with van der Waals surface area (Å²) in [5.41, 5.74) is 2.97. The van der Waals surface area contributed by atoms with Crippen molar-refractivity contribution in [1.82, 2.24) is 19.9 Å². The molecule has 4 heteroatoms. The van der Waals surface area contributed by atoms with Crippen molar-refractivity contribution >= 4 is 5.65 Å². The minimum absolute atomic E-state index is 0.701. The van der Waals surface area contributed by atoms with Crippen LogP contribution < -0.4 is 5.32 Å². The van der Waals surface area contributed by atoms with Gasteiger partial charge in [0.15, 0.2) is 5.65 Å². The summed E-state index contributed by atoms with van der Waals surface area (Å²) in [6.07, 6.45) is 3.85. The van der Waals surface area contributed by atoms with E-state index in [0.29, 0.717) is 6.54 Å². The summed E-state index contributed by atoms with van der Waals surface area (Å²) in [6, 6.07) is 1.96. The highest BCUT2D eigenvalue weighted by Gasteiger charge is 1.99. The normalized spacial score (nSPS) is 10.1. The van der Waals surface area contributed by atoms with Gasteiger partial charge in [-0.1, -0.05) is 5.92 Å². The topological polar surface area (TPSA) is 42.2 Å². The fourth-order valence-electron chi connectivity index (χ4n) is 1.48. The van der Waals surface area contributed by atoms with Gasteiger partial charge >= 0.3 is 0 Å². The van der Waals surface area contributed by atoms with Crippen molar-refractivity contribution in [2.24, 2.45) is 0 Å². The first-order valence-electron chi connectivity index (χ1n) is 5.21. The summed E-state index contributed by atoms with van der Waals surface area (Å²) in [6.45, 7) is 5.26. The zero-order chi connectivity index (χ0) is 11.4. The lowest BCUT2D eigenvalue weighted by atomic mass is 10.3. The molecule has 0 spiro atoms. The molecule has 0 aliphatic rings. The second-order valence-corrected chi connectivity index (χ2v) is 3.58. The Kier molecular flexibility index (Phi) is 3.18. The Morgan fingerprint density at radius 3 is 3.19 bits per heavy atom. The lowest BCUT2D eigenvalue weighted by molar-refractivity contribution is 0.754. The number of aryl methyl sites for hydroxylation is 1. The van der Waals surface area contributed by atoms with Gasteiger partial charge in [-0.3, -0.25) is 0 Å². The molecule has 0 fully saturated rings. The Morgan fingerprint density at radius 2 is 2.38 bits per heavy atom. The van der Waals surface area contributed by atoms with E-state index < -0.39 is 0 Å². The van der Waals surface area contributed by atoms with E-state index in [2.05, 4.69) is 27.2 Å². The van der Waals surface area contributed by atoms with E-state index in [1.807, 2.05) is 32.3 Å². The molecule has 0 aliphatic carbocycles.